The van der Waals surface area contributed by atoms with Crippen molar-refractivity contribution >= 4 is 32.7 Å². The maximum atomic E-state index is 12.2. The normalized spacial score (nSPS) is 11.3. The number of nitro benzene ring substituents is 1. The molecule has 0 aliphatic rings. The van der Waals surface area contributed by atoms with E-state index in [0.29, 0.717) is 4.88 Å². The van der Waals surface area contributed by atoms with Crippen molar-refractivity contribution in [1.82, 2.24) is 0 Å². The van der Waals surface area contributed by atoms with Crippen molar-refractivity contribution in [1.29, 1.82) is 0 Å². The molecule has 0 aliphatic heterocycles. The summed E-state index contributed by atoms with van der Waals surface area (Å²) in [5.74, 6) is 0. The fourth-order valence-electron chi connectivity index (χ4n) is 1.77. The Hall–Kier alpha value is -1.93. The first-order chi connectivity index (χ1) is 9.29. The lowest BCUT2D eigenvalue weighted by atomic mass is 10.3. The van der Waals surface area contributed by atoms with E-state index in [1.807, 2.05) is 6.92 Å². The zero-order valence-corrected chi connectivity index (χ0v) is 12.4. The van der Waals surface area contributed by atoms with Gasteiger partial charge in [0.15, 0.2) is 0 Å². The van der Waals surface area contributed by atoms with Crippen LogP contribution in [-0.2, 0) is 10.0 Å². The molecule has 0 amide bonds. The van der Waals surface area contributed by atoms with Crippen molar-refractivity contribution in [3.63, 3.8) is 0 Å². The summed E-state index contributed by atoms with van der Waals surface area (Å²) in [7, 11) is -3.73. The molecule has 0 fully saturated rings. The predicted octanol–water partition coefficient (Wildman–Crippen LogP) is 3.07. The van der Waals surface area contributed by atoms with Gasteiger partial charge in [-0.05, 0) is 26.0 Å². The number of nitrogens with zero attached hydrogens (tertiary/aromatic N) is 1. The number of benzene rings is 1. The summed E-state index contributed by atoms with van der Waals surface area (Å²) in [6.45, 7) is 3.55. The van der Waals surface area contributed by atoms with Crippen molar-refractivity contribution in [2.24, 2.45) is 0 Å². The first-order valence-corrected chi connectivity index (χ1v) is 7.94. The van der Waals surface area contributed by atoms with Gasteiger partial charge in [-0.2, -0.15) is 0 Å². The summed E-state index contributed by atoms with van der Waals surface area (Å²) < 4.78 is 26.8. The number of aryl methyl sites for hydroxylation is 2. The van der Waals surface area contributed by atoms with Crippen molar-refractivity contribution in [3.05, 3.63) is 50.2 Å². The summed E-state index contributed by atoms with van der Waals surface area (Å²) in [6.07, 6.45) is 0. The van der Waals surface area contributed by atoms with E-state index in [4.69, 9.17) is 0 Å². The standard InChI is InChI=1S/C12H12N2O4S2/c1-8-6-12(9(2)19-8)20(17,18)13-10-4-3-5-11(7-10)14(15)16/h3-7,13H,1-2H3. The molecule has 0 spiro atoms. The van der Waals surface area contributed by atoms with Gasteiger partial charge in [0.1, 0.15) is 4.90 Å². The molecular weight excluding hydrogens is 300 g/mol. The van der Waals surface area contributed by atoms with Crippen LogP contribution in [0.1, 0.15) is 9.75 Å². The second kappa shape index (κ2) is 5.22. The van der Waals surface area contributed by atoms with Crippen molar-refractivity contribution in [2.75, 3.05) is 4.72 Å². The number of nitro groups is 1. The highest BCUT2D eigenvalue weighted by molar-refractivity contribution is 7.93. The summed E-state index contributed by atoms with van der Waals surface area (Å²) in [5.41, 5.74) is 0.00544. The Morgan fingerprint density at radius 1 is 1.25 bits per heavy atom. The minimum absolute atomic E-state index is 0.163. The smallest absolute Gasteiger partial charge is 0.271 e. The average molecular weight is 312 g/mol. The van der Waals surface area contributed by atoms with Gasteiger partial charge in [-0.25, -0.2) is 8.42 Å². The lowest BCUT2D eigenvalue weighted by Crippen LogP contribution is -2.13. The fraction of sp³-hybridized carbons (Fsp3) is 0.167. The SMILES string of the molecule is Cc1cc(S(=O)(=O)Nc2cccc([N+](=O)[O-])c2)c(C)s1. The minimum Gasteiger partial charge on any atom is -0.279 e. The molecule has 2 aromatic rings. The number of rotatable bonds is 4. The molecule has 6 nitrogen and oxygen atoms in total. The summed E-state index contributed by atoms with van der Waals surface area (Å²) in [4.78, 5) is 11.9. The summed E-state index contributed by atoms with van der Waals surface area (Å²) in [6, 6.07) is 6.98. The zero-order chi connectivity index (χ0) is 14.9. The molecule has 8 heteroatoms. The van der Waals surface area contributed by atoms with Crippen LogP contribution in [0.3, 0.4) is 0 Å². The zero-order valence-electron chi connectivity index (χ0n) is 10.8. The van der Waals surface area contributed by atoms with Crippen LogP contribution in [0.2, 0.25) is 0 Å². The van der Waals surface area contributed by atoms with E-state index >= 15 is 0 Å². The largest absolute Gasteiger partial charge is 0.279 e. The molecule has 1 heterocycles. The van der Waals surface area contributed by atoms with Gasteiger partial charge < -0.3 is 0 Å². The highest BCUT2D eigenvalue weighted by Crippen LogP contribution is 2.27. The van der Waals surface area contributed by atoms with Crippen LogP contribution in [0.5, 0.6) is 0 Å². The first-order valence-electron chi connectivity index (χ1n) is 5.64. The third-order valence-electron chi connectivity index (χ3n) is 2.59. The highest BCUT2D eigenvalue weighted by Gasteiger charge is 2.20. The Balaban J connectivity index is 2.36. The minimum atomic E-state index is -3.73. The van der Waals surface area contributed by atoms with Crippen LogP contribution < -0.4 is 4.72 Å². The molecule has 1 aromatic carbocycles. The van der Waals surface area contributed by atoms with Gasteiger partial charge in [0.2, 0.25) is 0 Å². The molecule has 20 heavy (non-hydrogen) atoms. The van der Waals surface area contributed by atoms with Gasteiger partial charge >= 0.3 is 0 Å². The van der Waals surface area contributed by atoms with Crippen molar-refractivity contribution < 1.29 is 13.3 Å². The Labute approximate surface area is 120 Å². The molecule has 106 valence electrons. The third kappa shape index (κ3) is 2.97. The van der Waals surface area contributed by atoms with Crippen molar-refractivity contribution in [2.45, 2.75) is 18.7 Å². The number of thiophene rings is 1. The molecule has 0 atom stereocenters. The first kappa shape index (κ1) is 14.5. The molecular formula is C12H12N2O4S2. The number of non-ortho nitro benzene ring substituents is 1. The van der Waals surface area contributed by atoms with Crippen LogP contribution in [0.4, 0.5) is 11.4 Å². The average Bonchev–Trinajstić information content (AvgIpc) is 2.69. The third-order valence-corrected chi connectivity index (χ3v) is 5.20. The quantitative estimate of drug-likeness (QED) is 0.694. The lowest BCUT2D eigenvalue weighted by molar-refractivity contribution is -0.384. The number of nitrogens with one attached hydrogen (secondary N) is 1. The van der Waals surface area contributed by atoms with Gasteiger partial charge in [-0.15, -0.1) is 11.3 Å². The van der Waals surface area contributed by atoms with Gasteiger partial charge in [-0.3, -0.25) is 14.8 Å². The van der Waals surface area contributed by atoms with Crippen LogP contribution in [-0.4, -0.2) is 13.3 Å². The number of hydrogen-bond acceptors (Lipinski definition) is 5. The molecule has 1 N–H and O–H groups in total. The van der Waals surface area contributed by atoms with E-state index in [9.17, 15) is 18.5 Å². The molecule has 0 radical (unpaired) electrons. The fourth-order valence-corrected chi connectivity index (χ4v) is 4.37. The Morgan fingerprint density at radius 2 is 1.95 bits per heavy atom. The van der Waals surface area contributed by atoms with E-state index in [2.05, 4.69) is 4.72 Å². The van der Waals surface area contributed by atoms with Gasteiger partial charge in [-0.1, -0.05) is 6.07 Å². The van der Waals surface area contributed by atoms with Crippen molar-refractivity contribution in [3.8, 4) is 0 Å². The lowest BCUT2D eigenvalue weighted by Gasteiger charge is -2.07. The molecule has 2 rings (SSSR count). The second-order valence-electron chi connectivity index (χ2n) is 4.19. The van der Waals surface area contributed by atoms with Crippen LogP contribution in [0, 0.1) is 24.0 Å². The van der Waals surface area contributed by atoms with Crippen LogP contribution in [0.15, 0.2) is 35.2 Å². The molecule has 0 unspecified atom stereocenters. The number of sulfonamides is 1. The highest BCUT2D eigenvalue weighted by atomic mass is 32.2. The Morgan fingerprint density at radius 3 is 2.50 bits per heavy atom. The van der Waals surface area contributed by atoms with Gasteiger partial charge in [0.05, 0.1) is 10.6 Å². The maximum Gasteiger partial charge on any atom is 0.271 e. The number of anilines is 1. The van der Waals surface area contributed by atoms with E-state index in [-0.39, 0.29) is 16.3 Å². The monoisotopic (exact) mass is 312 g/mol. The van der Waals surface area contributed by atoms with E-state index in [0.717, 1.165) is 4.88 Å². The second-order valence-corrected chi connectivity index (χ2v) is 7.30. The summed E-state index contributed by atoms with van der Waals surface area (Å²) >= 11 is 1.39. The molecule has 0 saturated heterocycles. The molecule has 1 aromatic heterocycles. The van der Waals surface area contributed by atoms with Crippen LogP contribution >= 0.6 is 11.3 Å². The van der Waals surface area contributed by atoms with Crippen LogP contribution in [0.25, 0.3) is 0 Å². The summed E-state index contributed by atoms with van der Waals surface area (Å²) in [5, 5.41) is 10.7. The van der Waals surface area contributed by atoms with E-state index < -0.39 is 14.9 Å². The molecule has 0 bridgehead atoms. The number of hydrogen-bond donors (Lipinski definition) is 1. The predicted molar refractivity (Wildman–Crippen MR) is 77.7 cm³/mol. The molecule has 0 aliphatic carbocycles. The Bertz CT molecular complexity index is 766. The Kier molecular flexibility index (Phi) is 3.78. The van der Waals surface area contributed by atoms with Gasteiger partial charge in [0.25, 0.3) is 15.7 Å². The maximum absolute atomic E-state index is 12.2. The topological polar surface area (TPSA) is 89.3 Å². The van der Waals surface area contributed by atoms with Gasteiger partial charge in [0, 0.05) is 21.9 Å². The molecule has 0 saturated carbocycles. The van der Waals surface area contributed by atoms with E-state index in [1.54, 1.807) is 13.0 Å². The van der Waals surface area contributed by atoms with E-state index in [1.165, 1.54) is 35.6 Å².